The Kier molecular flexibility index (Phi) is 7.69. The van der Waals surface area contributed by atoms with E-state index < -0.39 is 6.04 Å². The summed E-state index contributed by atoms with van der Waals surface area (Å²) in [5.41, 5.74) is 7.40. The Morgan fingerprint density at radius 2 is 1.88 bits per heavy atom. The lowest BCUT2D eigenvalue weighted by Crippen LogP contribution is -2.49. The first-order chi connectivity index (χ1) is 11.7. The van der Waals surface area contributed by atoms with Crippen LogP contribution in [-0.2, 0) is 9.53 Å². The van der Waals surface area contributed by atoms with Gasteiger partial charge in [0.1, 0.15) is 0 Å². The summed E-state index contributed by atoms with van der Waals surface area (Å²) in [4.78, 5) is 14.8. The molecule has 0 aliphatic carbocycles. The average Bonchev–Trinajstić information content (AvgIpc) is 2.65. The van der Waals surface area contributed by atoms with Crippen molar-refractivity contribution < 1.29 is 9.53 Å². The highest BCUT2D eigenvalue weighted by Crippen LogP contribution is 2.21. The summed E-state index contributed by atoms with van der Waals surface area (Å²) >= 11 is 0. The van der Waals surface area contributed by atoms with Crippen molar-refractivity contribution in [2.75, 3.05) is 32.8 Å². The molecule has 1 heterocycles. The first-order valence-corrected chi connectivity index (χ1v) is 9.07. The molecule has 1 aliphatic heterocycles. The molecule has 2 rings (SSSR count). The third-order valence-electron chi connectivity index (χ3n) is 4.98. The quantitative estimate of drug-likeness (QED) is 0.763. The third-order valence-corrected chi connectivity index (χ3v) is 4.98. The summed E-state index contributed by atoms with van der Waals surface area (Å²) in [6.45, 7) is 8.18. The van der Waals surface area contributed by atoms with E-state index in [1.54, 1.807) is 0 Å². The number of amides is 1. The molecule has 1 aliphatic rings. The van der Waals surface area contributed by atoms with E-state index in [0.29, 0.717) is 19.8 Å². The van der Waals surface area contributed by atoms with Gasteiger partial charge >= 0.3 is 0 Å². The normalized spacial score (nSPS) is 18.3. The number of hydrogen-bond donors (Lipinski definition) is 2. The van der Waals surface area contributed by atoms with E-state index in [9.17, 15) is 4.79 Å². The van der Waals surface area contributed by atoms with E-state index in [0.717, 1.165) is 25.9 Å². The highest BCUT2D eigenvalue weighted by atomic mass is 16.5. The van der Waals surface area contributed by atoms with Crippen molar-refractivity contribution in [3.05, 3.63) is 35.9 Å². The van der Waals surface area contributed by atoms with Gasteiger partial charge in [-0.2, -0.15) is 0 Å². The van der Waals surface area contributed by atoms with E-state index in [1.165, 1.54) is 5.56 Å². The van der Waals surface area contributed by atoms with Crippen LogP contribution < -0.4 is 11.1 Å². The van der Waals surface area contributed by atoms with Crippen LogP contribution in [0, 0.1) is 5.92 Å². The van der Waals surface area contributed by atoms with Crippen LogP contribution in [0.25, 0.3) is 0 Å². The Morgan fingerprint density at radius 3 is 2.46 bits per heavy atom. The second kappa shape index (κ2) is 9.77. The van der Waals surface area contributed by atoms with Crippen molar-refractivity contribution >= 4 is 5.91 Å². The molecule has 5 nitrogen and oxygen atoms in total. The molecular weight excluding hydrogens is 302 g/mol. The molecule has 2 unspecified atom stereocenters. The predicted molar refractivity (Wildman–Crippen MR) is 96.6 cm³/mol. The number of nitrogens with two attached hydrogens (primary N) is 1. The van der Waals surface area contributed by atoms with Gasteiger partial charge < -0.3 is 15.8 Å². The van der Waals surface area contributed by atoms with E-state index >= 15 is 0 Å². The van der Waals surface area contributed by atoms with Crippen LogP contribution in [0.3, 0.4) is 0 Å². The highest BCUT2D eigenvalue weighted by Gasteiger charge is 2.27. The lowest BCUT2D eigenvalue weighted by Gasteiger charge is -2.31. The van der Waals surface area contributed by atoms with Gasteiger partial charge in [-0.1, -0.05) is 44.2 Å². The fourth-order valence-electron chi connectivity index (χ4n) is 3.40. The Bertz CT molecular complexity index is 485. The van der Waals surface area contributed by atoms with Crippen molar-refractivity contribution in [3.63, 3.8) is 0 Å². The van der Waals surface area contributed by atoms with E-state index in [1.807, 2.05) is 18.2 Å². The fraction of sp³-hybridized carbons (Fsp3) is 0.632. The van der Waals surface area contributed by atoms with Crippen LogP contribution in [0.15, 0.2) is 30.3 Å². The van der Waals surface area contributed by atoms with Gasteiger partial charge in [0, 0.05) is 19.8 Å². The lowest BCUT2D eigenvalue weighted by molar-refractivity contribution is -0.124. The van der Waals surface area contributed by atoms with Crippen LogP contribution in [0.4, 0.5) is 0 Å². The number of carbonyl (C=O) groups excluding carboxylic acids is 1. The Balaban J connectivity index is 1.97. The molecule has 24 heavy (non-hydrogen) atoms. The first-order valence-electron chi connectivity index (χ1n) is 9.07. The maximum atomic E-state index is 12.5. The minimum absolute atomic E-state index is 0.0463. The smallest absolute Gasteiger partial charge is 0.237 e. The highest BCUT2D eigenvalue weighted by molar-refractivity contribution is 5.81. The van der Waals surface area contributed by atoms with E-state index in [-0.39, 0.29) is 17.9 Å². The molecule has 2 atom stereocenters. The average molecular weight is 333 g/mol. The number of ether oxygens (including phenoxy) is 1. The number of benzene rings is 1. The number of hydrogen-bond acceptors (Lipinski definition) is 4. The number of nitrogens with zero attached hydrogens (tertiary/aromatic N) is 1. The van der Waals surface area contributed by atoms with E-state index in [2.05, 4.69) is 36.2 Å². The first kappa shape index (κ1) is 18.9. The van der Waals surface area contributed by atoms with Crippen LogP contribution in [-0.4, -0.2) is 49.7 Å². The molecule has 0 aromatic heterocycles. The SMILES string of the molecule is CCN(CC)C(CNC(=O)C(N)C1CCOCC1)c1ccccc1. The fourth-order valence-corrected chi connectivity index (χ4v) is 3.40. The summed E-state index contributed by atoms with van der Waals surface area (Å²) in [5.74, 6) is 0.178. The maximum absolute atomic E-state index is 12.5. The second-order valence-corrected chi connectivity index (χ2v) is 6.37. The van der Waals surface area contributed by atoms with Gasteiger partial charge in [0.15, 0.2) is 0 Å². The van der Waals surface area contributed by atoms with Crippen molar-refractivity contribution in [3.8, 4) is 0 Å². The van der Waals surface area contributed by atoms with Gasteiger partial charge in [-0.25, -0.2) is 0 Å². The maximum Gasteiger partial charge on any atom is 0.237 e. The van der Waals surface area contributed by atoms with Crippen molar-refractivity contribution in [1.29, 1.82) is 0 Å². The van der Waals surface area contributed by atoms with Gasteiger partial charge in [0.2, 0.25) is 5.91 Å². The number of likely N-dealkylation sites (N-methyl/N-ethyl adjacent to an activating group) is 1. The number of rotatable bonds is 8. The summed E-state index contributed by atoms with van der Waals surface area (Å²) in [6, 6.07) is 10.1. The molecule has 0 bridgehead atoms. The molecule has 1 amide bonds. The largest absolute Gasteiger partial charge is 0.381 e. The number of nitrogens with one attached hydrogen (secondary N) is 1. The van der Waals surface area contributed by atoms with Gasteiger partial charge in [0.05, 0.1) is 12.1 Å². The van der Waals surface area contributed by atoms with Crippen LogP contribution in [0.1, 0.15) is 38.3 Å². The zero-order valence-corrected chi connectivity index (χ0v) is 14.9. The van der Waals surface area contributed by atoms with Gasteiger partial charge in [-0.3, -0.25) is 9.69 Å². The lowest BCUT2D eigenvalue weighted by atomic mass is 9.92. The second-order valence-electron chi connectivity index (χ2n) is 6.37. The van der Waals surface area contributed by atoms with Crippen LogP contribution in [0.2, 0.25) is 0 Å². The minimum atomic E-state index is -0.443. The zero-order chi connectivity index (χ0) is 17.4. The monoisotopic (exact) mass is 333 g/mol. The topological polar surface area (TPSA) is 67.6 Å². The standard InChI is InChI=1S/C19H31N3O2/c1-3-22(4-2)17(15-8-6-5-7-9-15)14-21-19(23)18(20)16-10-12-24-13-11-16/h5-9,16-18H,3-4,10-14,20H2,1-2H3,(H,21,23). The summed E-state index contributed by atoms with van der Waals surface area (Å²) < 4.78 is 5.35. The van der Waals surface area contributed by atoms with Gasteiger partial charge in [0.25, 0.3) is 0 Å². The van der Waals surface area contributed by atoms with E-state index in [4.69, 9.17) is 10.5 Å². The molecule has 0 radical (unpaired) electrons. The minimum Gasteiger partial charge on any atom is -0.381 e. The summed E-state index contributed by atoms with van der Waals surface area (Å²) in [5, 5.41) is 3.08. The molecule has 1 aromatic carbocycles. The molecular formula is C19H31N3O2. The Hall–Kier alpha value is -1.43. The van der Waals surface area contributed by atoms with Crippen LogP contribution >= 0.6 is 0 Å². The molecule has 1 fully saturated rings. The molecule has 0 saturated carbocycles. The summed E-state index contributed by atoms with van der Waals surface area (Å²) in [7, 11) is 0. The molecule has 1 aromatic rings. The molecule has 5 heteroatoms. The van der Waals surface area contributed by atoms with Crippen molar-refractivity contribution in [2.24, 2.45) is 11.7 Å². The summed E-state index contributed by atoms with van der Waals surface area (Å²) in [6.07, 6.45) is 1.74. The predicted octanol–water partition coefficient (Wildman–Crippen LogP) is 1.94. The number of carbonyl (C=O) groups is 1. The Morgan fingerprint density at radius 1 is 1.25 bits per heavy atom. The Labute approximate surface area is 145 Å². The molecule has 3 N–H and O–H groups in total. The van der Waals surface area contributed by atoms with Crippen molar-refractivity contribution in [2.45, 2.75) is 38.8 Å². The van der Waals surface area contributed by atoms with Gasteiger partial charge in [-0.15, -0.1) is 0 Å². The van der Waals surface area contributed by atoms with Crippen molar-refractivity contribution in [1.82, 2.24) is 10.2 Å². The molecule has 0 spiro atoms. The van der Waals surface area contributed by atoms with Crippen LogP contribution in [0.5, 0.6) is 0 Å². The molecule has 1 saturated heterocycles. The zero-order valence-electron chi connectivity index (χ0n) is 14.9. The third kappa shape index (κ3) is 5.03. The van der Waals surface area contributed by atoms with Gasteiger partial charge in [-0.05, 0) is 37.4 Å². The molecule has 134 valence electrons.